The number of primary sulfonamides is 1. The molecule has 0 saturated carbocycles. The Morgan fingerprint density at radius 3 is 2.76 bits per heavy atom. The average molecular weight is 309 g/mol. The van der Waals surface area contributed by atoms with Crippen LogP contribution >= 0.6 is 0 Å². The van der Waals surface area contributed by atoms with Crippen LogP contribution in [0.15, 0.2) is 0 Å². The van der Waals surface area contributed by atoms with Gasteiger partial charge in [0.15, 0.2) is 5.82 Å². The Kier molecular flexibility index (Phi) is 4.44. The monoisotopic (exact) mass is 309 g/mol. The van der Waals surface area contributed by atoms with Crippen LogP contribution in [0.2, 0.25) is 0 Å². The highest BCUT2D eigenvalue weighted by Gasteiger charge is 2.26. The van der Waals surface area contributed by atoms with Gasteiger partial charge in [0.25, 0.3) is 0 Å². The summed E-state index contributed by atoms with van der Waals surface area (Å²) in [4.78, 5) is 1.94. The number of aromatic nitrogens is 2. The van der Waals surface area contributed by atoms with Crippen molar-refractivity contribution in [1.29, 1.82) is 5.26 Å². The van der Waals surface area contributed by atoms with Crippen molar-refractivity contribution in [2.45, 2.75) is 26.7 Å². The zero-order valence-corrected chi connectivity index (χ0v) is 13.0. The number of hydrogen-bond acceptors (Lipinski definition) is 6. The molecule has 1 atom stereocenters. The second-order valence-electron chi connectivity index (χ2n) is 5.50. The van der Waals surface area contributed by atoms with Crippen LogP contribution in [0.5, 0.6) is 0 Å². The lowest BCUT2D eigenvalue weighted by molar-refractivity contribution is 0.440. The van der Waals surface area contributed by atoms with Gasteiger partial charge in [0.05, 0.1) is 11.4 Å². The molecule has 1 aliphatic heterocycles. The van der Waals surface area contributed by atoms with E-state index in [0.29, 0.717) is 17.9 Å². The zero-order valence-electron chi connectivity index (χ0n) is 12.2. The van der Waals surface area contributed by atoms with Crippen LogP contribution in [-0.2, 0) is 10.0 Å². The number of piperidine rings is 1. The molecular weight excluding hydrogens is 290 g/mol. The normalized spacial score (nSPS) is 19.3. The summed E-state index contributed by atoms with van der Waals surface area (Å²) in [5.41, 5.74) is 2.06. The fourth-order valence-electron chi connectivity index (χ4n) is 2.67. The summed E-state index contributed by atoms with van der Waals surface area (Å²) in [5, 5.41) is 22.7. The molecule has 2 heterocycles. The molecule has 1 aromatic heterocycles. The van der Waals surface area contributed by atoms with Crippen LogP contribution < -0.4 is 10.0 Å². The molecule has 1 aliphatic rings. The van der Waals surface area contributed by atoms with Crippen molar-refractivity contribution >= 4 is 15.8 Å². The molecule has 0 spiro atoms. The first-order valence-electron chi connectivity index (χ1n) is 6.81. The summed E-state index contributed by atoms with van der Waals surface area (Å²) in [6.07, 6.45) is 1.66. The smallest absolute Gasteiger partial charge is 0.209 e. The maximum absolute atomic E-state index is 11.2. The van der Waals surface area contributed by atoms with E-state index in [1.54, 1.807) is 0 Å². The third kappa shape index (κ3) is 3.68. The Hall–Kier alpha value is -1.72. The van der Waals surface area contributed by atoms with Gasteiger partial charge in [0.2, 0.25) is 10.0 Å². The molecule has 1 saturated heterocycles. The Morgan fingerprint density at radius 2 is 2.14 bits per heavy atom. The SMILES string of the molecule is Cc1nnc(N2CCC[C@H](CS(N)(=O)=O)C2)c(C#N)c1C. The molecule has 0 aliphatic carbocycles. The van der Waals surface area contributed by atoms with E-state index < -0.39 is 10.0 Å². The second kappa shape index (κ2) is 5.95. The number of aryl methyl sites for hydroxylation is 1. The van der Waals surface area contributed by atoms with Crippen molar-refractivity contribution in [2.75, 3.05) is 23.7 Å². The van der Waals surface area contributed by atoms with Crippen LogP contribution in [-0.4, -0.2) is 37.5 Å². The minimum atomic E-state index is -3.49. The maximum atomic E-state index is 11.2. The molecule has 1 fully saturated rings. The summed E-state index contributed by atoms with van der Waals surface area (Å²) in [6, 6.07) is 2.18. The molecule has 21 heavy (non-hydrogen) atoms. The first-order valence-corrected chi connectivity index (χ1v) is 8.52. The molecular formula is C13H19N5O2S. The Morgan fingerprint density at radius 1 is 1.43 bits per heavy atom. The third-order valence-electron chi connectivity index (χ3n) is 3.83. The Balaban J connectivity index is 2.27. The standard InChI is InChI=1S/C13H19N5O2S/c1-9-10(2)16-17-13(12(9)6-14)18-5-3-4-11(7-18)8-21(15,19)20/h11H,3-5,7-8H2,1-2H3,(H2,15,19,20)/t11-/m0/s1. The van der Waals surface area contributed by atoms with Crippen molar-refractivity contribution in [3.8, 4) is 6.07 Å². The van der Waals surface area contributed by atoms with E-state index >= 15 is 0 Å². The predicted molar refractivity (Wildman–Crippen MR) is 79.1 cm³/mol. The fourth-order valence-corrected chi connectivity index (χ4v) is 3.60. The number of hydrogen-bond donors (Lipinski definition) is 1. The van der Waals surface area contributed by atoms with E-state index in [0.717, 1.165) is 30.6 Å². The highest BCUT2D eigenvalue weighted by Crippen LogP contribution is 2.26. The van der Waals surface area contributed by atoms with Gasteiger partial charge in [0.1, 0.15) is 11.6 Å². The van der Waals surface area contributed by atoms with Gasteiger partial charge < -0.3 is 4.90 Å². The number of nitriles is 1. The highest BCUT2D eigenvalue weighted by atomic mass is 32.2. The third-order valence-corrected chi connectivity index (χ3v) is 4.77. The molecule has 2 rings (SSSR count). The lowest BCUT2D eigenvalue weighted by Gasteiger charge is -2.33. The van der Waals surface area contributed by atoms with E-state index in [2.05, 4.69) is 16.3 Å². The number of anilines is 1. The van der Waals surface area contributed by atoms with E-state index in [1.165, 1.54) is 0 Å². The molecule has 0 unspecified atom stereocenters. The maximum Gasteiger partial charge on any atom is 0.209 e. The first kappa shape index (κ1) is 15.7. The van der Waals surface area contributed by atoms with Crippen LogP contribution in [0.4, 0.5) is 5.82 Å². The van der Waals surface area contributed by atoms with Crippen molar-refractivity contribution in [3.63, 3.8) is 0 Å². The summed E-state index contributed by atoms with van der Waals surface area (Å²) in [6.45, 7) is 4.93. The summed E-state index contributed by atoms with van der Waals surface area (Å²) >= 11 is 0. The predicted octanol–water partition coefficient (Wildman–Crippen LogP) is 0.470. The summed E-state index contributed by atoms with van der Waals surface area (Å²) in [7, 11) is -3.49. The van der Waals surface area contributed by atoms with Gasteiger partial charge in [-0.3, -0.25) is 0 Å². The molecule has 0 aromatic carbocycles. The molecule has 0 radical (unpaired) electrons. The lowest BCUT2D eigenvalue weighted by Crippen LogP contribution is -2.40. The molecule has 1 aromatic rings. The molecule has 114 valence electrons. The van der Waals surface area contributed by atoms with Crippen molar-refractivity contribution in [2.24, 2.45) is 11.1 Å². The van der Waals surface area contributed by atoms with Crippen molar-refractivity contribution in [3.05, 3.63) is 16.8 Å². The number of nitrogens with two attached hydrogens (primary N) is 1. The topological polar surface area (TPSA) is 113 Å². The van der Waals surface area contributed by atoms with Gasteiger partial charge in [-0.25, -0.2) is 13.6 Å². The fraction of sp³-hybridized carbons (Fsp3) is 0.615. The van der Waals surface area contributed by atoms with Gasteiger partial charge in [-0.05, 0) is 38.2 Å². The molecule has 8 heteroatoms. The van der Waals surface area contributed by atoms with Crippen LogP contribution in [0.3, 0.4) is 0 Å². The molecule has 2 N–H and O–H groups in total. The summed E-state index contributed by atoms with van der Waals surface area (Å²) < 4.78 is 22.5. The van der Waals surface area contributed by atoms with Gasteiger partial charge >= 0.3 is 0 Å². The van der Waals surface area contributed by atoms with E-state index in [1.807, 2.05) is 18.7 Å². The van der Waals surface area contributed by atoms with Crippen LogP contribution in [0.1, 0.15) is 29.7 Å². The van der Waals surface area contributed by atoms with E-state index in [-0.39, 0.29) is 11.7 Å². The quantitative estimate of drug-likeness (QED) is 0.868. The van der Waals surface area contributed by atoms with Crippen molar-refractivity contribution < 1.29 is 8.42 Å². The minimum absolute atomic E-state index is 0.0380. The van der Waals surface area contributed by atoms with Gasteiger partial charge in [-0.15, -0.1) is 5.10 Å². The number of rotatable bonds is 3. The molecule has 7 nitrogen and oxygen atoms in total. The minimum Gasteiger partial charge on any atom is -0.354 e. The molecule has 0 bridgehead atoms. The van der Waals surface area contributed by atoms with Gasteiger partial charge in [-0.1, -0.05) is 0 Å². The van der Waals surface area contributed by atoms with Crippen LogP contribution in [0.25, 0.3) is 0 Å². The number of sulfonamides is 1. The van der Waals surface area contributed by atoms with E-state index in [4.69, 9.17) is 5.14 Å². The van der Waals surface area contributed by atoms with Crippen LogP contribution in [0, 0.1) is 31.1 Å². The first-order chi connectivity index (χ1) is 9.81. The average Bonchev–Trinajstić information content (AvgIpc) is 2.40. The Labute approximate surface area is 124 Å². The van der Waals surface area contributed by atoms with Crippen molar-refractivity contribution in [1.82, 2.24) is 10.2 Å². The zero-order chi connectivity index (χ0) is 15.6. The lowest BCUT2D eigenvalue weighted by atomic mass is 9.99. The van der Waals surface area contributed by atoms with Gasteiger partial charge in [-0.2, -0.15) is 10.4 Å². The summed E-state index contributed by atoms with van der Waals surface area (Å²) in [5.74, 6) is 0.465. The second-order valence-corrected chi connectivity index (χ2v) is 7.16. The van der Waals surface area contributed by atoms with Gasteiger partial charge in [0, 0.05) is 13.1 Å². The Bertz CT molecular complexity index is 681. The largest absolute Gasteiger partial charge is 0.354 e. The highest BCUT2D eigenvalue weighted by molar-refractivity contribution is 7.89. The number of nitrogens with zero attached hydrogens (tertiary/aromatic N) is 4. The van der Waals surface area contributed by atoms with E-state index in [9.17, 15) is 13.7 Å². The molecule has 0 amide bonds.